The normalized spacial score (nSPS) is 30.0. The summed E-state index contributed by atoms with van der Waals surface area (Å²) in [6, 6.07) is 5.73. The van der Waals surface area contributed by atoms with Crippen LogP contribution in [0.2, 0.25) is 0 Å². The fourth-order valence-corrected chi connectivity index (χ4v) is 5.31. The Morgan fingerprint density at radius 1 is 1.21 bits per heavy atom. The molecule has 3 aliphatic rings. The van der Waals surface area contributed by atoms with E-state index in [0.29, 0.717) is 24.7 Å². The van der Waals surface area contributed by atoms with Gasteiger partial charge in [-0.15, -0.1) is 0 Å². The Labute approximate surface area is 164 Å². The number of amides is 2. The van der Waals surface area contributed by atoms with E-state index in [1.807, 2.05) is 4.90 Å². The first-order valence-corrected chi connectivity index (χ1v) is 10.2. The largest absolute Gasteiger partial charge is 0.494 e. The molecule has 3 heterocycles. The maximum Gasteiger partial charge on any atom is 0.240 e. The number of primary amides is 1. The number of nitrogens with two attached hydrogens (primary N) is 1. The van der Waals surface area contributed by atoms with Gasteiger partial charge in [0.25, 0.3) is 0 Å². The molecular weight excluding hydrogens is 361 g/mol. The van der Waals surface area contributed by atoms with Gasteiger partial charge in [0.1, 0.15) is 17.6 Å². The van der Waals surface area contributed by atoms with Crippen molar-refractivity contribution in [3.63, 3.8) is 0 Å². The SMILES string of the molecule is NC(=O)[C@H]1[C@@H]2C[C@@H](CN(CCCOc3ccc(F)cc3)C2)[C@@H]2CCCC(=O)N21. The van der Waals surface area contributed by atoms with Crippen molar-refractivity contribution < 1.29 is 18.7 Å². The number of halogens is 1. The summed E-state index contributed by atoms with van der Waals surface area (Å²) in [5.41, 5.74) is 5.72. The summed E-state index contributed by atoms with van der Waals surface area (Å²) in [4.78, 5) is 28.9. The molecule has 0 spiro atoms. The molecule has 3 fully saturated rings. The number of carbonyl (C=O) groups is 2. The Bertz CT molecular complexity index is 726. The molecule has 2 bridgehead atoms. The molecule has 4 rings (SSSR count). The minimum Gasteiger partial charge on any atom is -0.494 e. The van der Waals surface area contributed by atoms with Crippen molar-refractivity contribution >= 4 is 11.8 Å². The van der Waals surface area contributed by atoms with Gasteiger partial charge in [0, 0.05) is 38.0 Å². The van der Waals surface area contributed by atoms with Crippen LogP contribution >= 0.6 is 0 Å². The van der Waals surface area contributed by atoms with Gasteiger partial charge in [-0.1, -0.05) is 0 Å². The fourth-order valence-electron chi connectivity index (χ4n) is 5.31. The monoisotopic (exact) mass is 389 g/mol. The van der Waals surface area contributed by atoms with Crippen LogP contribution in [0.3, 0.4) is 0 Å². The number of likely N-dealkylation sites (tertiary alicyclic amines) is 1. The zero-order chi connectivity index (χ0) is 19.7. The number of fused-ring (bicyclic) bond motifs is 4. The molecule has 0 aliphatic carbocycles. The van der Waals surface area contributed by atoms with E-state index in [9.17, 15) is 14.0 Å². The minimum absolute atomic E-state index is 0.0934. The molecule has 4 atom stereocenters. The van der Waals surface area contributed by atoms with Crippen molar-refractivity contribution in [3.8, 4) is 5.75 Å². The molecule has 1 aromatic carbocycles. The highest BCUT2D eigenvalue weighted by molar-refractivity contribution is 5.88. The lowest BCUT2D eigenvalue weighted by Crippen LogP contribution is -2.68. The number of ether oxygens (including phenoxy) is 1. The summed E-state index contributed by atoms with van der Waals surface area (Å²) < 4.78 is 18.6. The molecule has 0 radical (unpaired) electrons. The van der Waals surface area contributed by atoms with Crippen LogP contribution in [0.25, 0.3) is 0 Å². The lowest BCUT2D eigenvalue weighted by molar-refractivity contribution is -0.159. The van der Waals surface area contributed by atoms with Crippen LogP contribution in [0.15, 0.2) is 24.3 Å². The van der Waals surface area contributed by atoms with Gasteiger partial charge >= 0.3 is 0 Å². The van der Waals surface area contributed by atoms with Crippen LogP contribution in [0.1, 0.15) is 32.1 Å². The van der Waals surface area contributed by atoms with Gasteiger partial charge in [-0.2, -0.15) is 0 Å². The molecule has 28 heavy (non-hydrogen) atoms. The van der Waals surface area contributed by atoms with E-state index in [4.69, 9.17) is 10.5 Å². The second-order valence-electron chi connectivity index (χ2n) is 8.28. The van der Waals surface area contributed by atoms with Crippen LogP contribution in [0.5, 0.6) is 5.75 Å². The Morgan fingerprint density at radius 2 is 1.96 bits per heavy atom. The smallest absolute Gasteiger partial charge is 0.240 e. The van der Waals surface area contributed by atoms with Gasteiger partial charge in [0.15, 0.2) is 0 Å². The summed E-state index contributed by atoms with van der Waals surface area (Å²) in [6.07, 6.45) is 4.23. The molecule has 6 nitrogen and oxygen atoms in total. The first-order valence-electron chi connectivity index (χ1n) is 10.2. The highest BCUT2D eigenvalue weighted by Gasteiger charge is 2.51. The molecule has 2 N–H and O–H groups in total. The van der Waals surface area contributed by atoms with Crippen molar-refractivity contribution in [2.75, 3.05) is 26.2 Å². The van der Waals surface area contributed by atoms with Gasteiger partial charge in [-0.25, -0.2) is 4.39 Å². The molecule has 152 valence electrons. The van der Waals surface area contributed by atoms with Crippen LogP contribution in [-0.2, 0) is 9.59 Å². The molecule has 0 aromatic heterocycles. The average molecular weight is 389 g/mol. The number of hydrogen-bond donors (Lipinski definition) is 1. The molecule has 0 saturated carbocycles. The molecule has 3 saturated heterocycles. The first kappa shape index (κ1) is 19.2. The van der Waals surface area contributed by atoms with E-state index >= 15 is 0 Å². The average Bonchev–Trinajstić information content (AvgIpc) is 2.67. The van der Waals surface area contributed by atoms with Crippen molar-refractivity contribution in [1.82, 2.24) is 9.80 Å². The number of carbonyl (C=O) groups excluding carboxylic acids is 2. The third-order valence-electron chi connectivity index (χ3n) is 6.41. The predicted octanol–water partition coefficient (Wildman–Crippen LogP) is 1.78. The summed E-state index contributed by atoms with van der Waals surface area (Å²) in [5, 5.41) is 0. The Kier molecular flexibility index (Phi) is 5.53. The molecular formula is C21H28FN3O3. The van der Waals surface area contributed by atoms with E-state index < -0.39 is 6.04 Å². The quantitative estimate of drug-likeness (QED) is 0.753. The third kappa shape index (κ3) is 3.85. The van der Waals surface area contributed by atoms with E-state index in [2.05, 4.69) is 4.90 Å². The molecule has 7 heteroatoms. The zero-order valence-corrected chi connectivity index (χ0v) is 16.1. The Balaban J connectivity index is 1.34. The highest BCUT2D eigenvalue weighted by Crippen LogP contribution is 2.41. The van der Waals surface area contributed by atoms with Gasteiger partial charge < -0.3 is 20.3 Å². The van der Waals surface area contributed by atoms with Gasteiger partial charge in [0.05, 0.1) is 6.61 Å². The van der Waals surface area contributed by atoms with Crippen molar-refractivity contribution in [2.24, 2.45) is 17.6 Å². The molecule has 1 aromatic rings. The number of hydrogen-bond acceptors (Lipinski definition) is 4. The lowest BCUT2D eigenvalue weighted by atomic mass is 9.72. The lowest BCUT2D eigenvalue weighted by Gasteiger charge is -2.55. The van der Waals surface area contributed by atoms with Crippen LogP contribution in [0, 0.1) is 17.7 Å². The van der Waals surface area contributed by atoms with Gasteiger partial charge in [-0.05, 0) is 55.9 Å². The first-order chi connectivity index (χ1) is 13.5. The number of piperidine rings is 3. The summed E-state index contributed by atoms with van der Waals surface area (Å²) >= 11 is 0. The maximum atomic E-state index is 12.9. The Hall–Kier alpha value is -2.15. The molecule has 2 amide bonds. The number of benzene rings is 1. The van der Waals surface area contributed by atoms with Crippen molar-refractivity contribution in [1.29, 1.82) is 0 Å². The minimum atomic E-state index is -0.465. The standard InChI is InChI=1S/C21H28FN3O3/c22-16-5-7-17(8-6-16)28-10-2-9-24-12-14-11-15(13-24)20(21(23)27)25-18(14)3-1-4-19(25)26/h5-8,14-15,18,20H,1-4,9-13H2,(H2,23,27)/t14-,15+,18-,20+/m0/s1. The summed E-state index contributed by atoms with van der Waals surface area (Å²) in [7, 11) is 0. The fraction of sp³-hybridized carbons (Fsp3) is 0.619. The summed E-state index contributed by atoms with van der Waals surface area (Å²) in [5.74, 6) is 0.652. The molecule has 3 aliphatic heterocycles. The predicted molar refractivity (Wildman–Crippen MR) is 102 cm³/mol. The van der Waals surface area contributed by atoms with Crippen molar-refractivity contribution in [2.45, 2.75) is 44.2 Å². The topological polar surface area (TPSA) is 75.9 Å². The number of rotatable bonds is 6. The highest BCUT2D eigenvalue weighted by atomic mass is 19.1. The second-order valence-corrected chi connectivity index (χ2v) is 8.28. The maximum absolute atomic E-state index is 12.9. The van der Waals surface area contributed by atoms with Crippen molar-refractivity contribution in [3.05, 3.63) is 30.1 Å². The van der Waals surface area contributed by atoms with Crippen LogP contribution in [-0.4, -0.2) is 59.9 Å². The van der Waals surface area contributed by atoms with E-state index in [0.717, 1.165) is 45.3 Å². The van der Waals surface area contributed by atoms with E-state index in [-0.39, 0.29) is 29.6 Å². The van der Waals surface area contributed by atoms with Crippen LogP contribution < -0.4 is 10.5 Å². The van der Waals surface area contributed by atoms with Gasteiger partial charge in [0.2, 0.25) is 11.8 Å². The zero-order valence-electron chi connectivity index (χ0n) is 16.1. The van der Waals surface area contributed by atoms with E-state index in [1.165, 1.54) is 12.1 Å². The second kappa shape index (κ2) is 8.07. The van der Waals surface area contributed by atoms with Crippen LogP contribution in [0.4, 0.5) is 4.39 Å². The number of nitrogens with zero attached hydrogens (tertiary/aromatic N) is 2. The van der Waals surface area contributed by atoms with E-state index in [1.54, 1.807) is 12.1 Å². The third-order valence-corrected chi connectivity index (χ3v) is 6.41. The Morgan fingerprint density at radius 3 is 2.71 bits per heavy atom. The van der Waals surface area contributed by atoms with Gasteiger partial charge in [-0.3, -0.25) is 9.59 Å². The summed E-state index contributed by atoms with van der Waals surface area (Å²) in [6.45, 7) is 3.18. The molecule has 0 unspecified atom stereocenters.